The molecule has 8 heteroatoms. The number of anilines is 3. The van der Waals surface area contributed by atoms with Gasteiger partial charge in [-0.05, 0) is 38.3 Å². The van der Waals surface area contributed by atoms with Crippen molar-refractivity contribution in [3.63, 3.8) is 0 Å². The molecule has 0 bridgehead atoms. The molecule has 3 aromatic rings. The molecule has 142 valence electrons. The van der Waals surface area contributed by atoms with E-state index in [4.69, 9.17) is 4.74 Å². The molecule has 0 aliphatic heterocycles. The molecular weight excluding hydrogens is 344 g/mol. The first-order valence-electron chi connectivity index (χ1n) is 8.72. The van der Waals surface area contributed by atoms with Gasteiger partial charge in [0, 0.05) is 37.8 Å². The maximum Gasteiger partial charge on any atom is 0.262 e. The second-order valence-corrected chi connectivity index (χ2v) is 7.22. The summed E-state index contributed by atoms with van der Waals surface area (Å²) < 4.78 is 6.73. The summed E-state index contributed by atoms with van der Waals surface area (Å²) in [5, 5.41) is 7.82. The summed E-state index contributed by atoms with van der Waals surface area (Å²) in [7, 11) is 1.62. The average Bonchev–Trinajstić information content (AvgIpc) is 2.60. The minimum atomic E-state index is -0.259. The Morgan fingerprint density at radius 1 is 1.22 bits per heavy atom. The van der Waals surface area contributed by atoms with E-state index in [0.717, 1.165) is 5.39 Å². The van der Waals surface area contributed by atoms with Gasteiger partial charge in [-0.1, -0.05) is 0 Å². The molecule has 0 amide bonds. The molecule has 0 aliphatic rings. The number of hydrogen-bond acceptors (Lipinski definition) is 7. The van der Waals surface area contributed by atoms with Gasteiger partial charge in [-0.3, -0.25) is 9.78 Å². The van der Waals surface area contributed by atoms with Crippen LogP contribution in [0.3, 0.4) is 0 Å². The molecule has 0 spiro atoms. The predicted molar refractivity (Wildman–Crippen MR) is 107 cm³/mol. The third kappa shape index (κ3) is 4.59. The largest absolute Gasteiger partial charge is 0.383 e. The standard InChI is InChI=1S/C19H24N6O2/c1-19(2,3)24-17-16-13(5-8-25(18(16)26)9-10-27-4)11-14(23-17)22-15-12-20-6-7-21-15/h5-8,11-12H,9-10H2,1-4H3,(H2,21,22,23,24). The molecule has 8 nitrogen and oxygen atoms in total. The van der Waals surface area contributed by atoms with Crippen LogP contribution >= 0.6 is 0 Å². The predicted octanol–water partition coefficient (Wildman–Crippen LogP) is 2.79. The monoisotopic (exact) mass is 368 g/mol. The van der Waals surface area contributed by atoms with Crippen LogP contribution in [0, 0.1) is 0 Å². The van der Waals surface area contributed by atoms with E-state index in [1.54, 1.807) is 36.5 Å². The Kier molecular flexibility index (Phi) is 5.36. The smallest absolute Gasteiger partial charge is 0.262 e. The van der Waals surface area contributed by atoms with Crippen molar-refractivity contribution in [1.82, 2.24) is 19.5 Å². The summed E-state index contributed by atoms with van der Waals surface area (Å²) in [4.78, 5) is 25.9. The molecule has 27 heavy (non-hydrogen) atoms. The minimum Gasteiger partial charge on any atom is -0.383 e. The summed E-state index contributed by atoms with van der Waals surface area (Å²) in [5.74, 6) is 1.70. The van der Waals surface area contributed by atoms with E-state index in [1.165, 1.54) is 0 Å². The normalized spacial score (nSPS) is 11.6. The number of nitrogens with one attached hydrogen (secondary N) is 2. The Bertz CT molecular complexity index is 979. The van der Waals surface area contributed by atoms with Crippen LogP contribution in [-0.4, -0.2) is 38.8 Å². The maximum atomic E-state index is 13.0. The van der Waals surface area contributed by atoms with Crippen molar-refractivity contribution >= 4 is 28.2 Å². The van der Waals surface area contributed by atoms with Gasteiger partial charge in [-0.2, -0.15) is 0 Å². The molecule has 3 rings (SSSR count). The highest BCUT2D eigenvalue weighted by atomic mass is 16.5. The van der Waals surface area contributed by atoms with Gasteiger partial charge in [-0.25, -0.2) is 9.97 Å². The van der Waals surface area contributed by atoms with Crippen molar-refractivity contribution in [2.24, 2.45) is 0 Å². The highest BCUT2D eigenvalue weighted by Gasteiger charge is 2.17. The SMILES string of the molecule is COCCn1ccc2cc(Nc3cnccn3)nc(NC(C)(C)C)c2c1=O. The second kappa shape index (κ2) is 7.71. The van der Waals surface area contributed by atoms with E-state index in [2.05, 4.69) is 25.6 Å². The number of aromatic nitrogens is 4. The Hall–Kier alpha value is -3.00. The van der Waals surface area contributed by atoms with Gasteiger partial charge < -0.3 is 19.9 Å². The number of methoxy groups -OCH3 is 1. The van der Waals surface area contributed by atoms with Crippen LogP contribution in [0.1, 0.15) is 20.8 Å². The number of ether oxygens (including phenoxy) is 1. The first kappa shape index (κ1) is 18.8. The summed E-state index contributed by atoms with van der Waals surface area (Å²) in [6, 6.07) is 3.74. The zero-order chi connectivity index (χ0) is 19.4. The Labute approximate surface area is 157 Å². The van der Waals surface area contributed by atoms with Gasteiger partial charge in [0.1, 0.15) is 17.5 Å². The lowest BCUT2D eigenvalue weighted by Crippen LogP contribution is -2.29. The molecule has 0 unspecified atom stereocenters. The molecule has 0 radical (unpaired) electrons. The fourth-order valence-corrected chi connectivity index (χ4v) is 2.67. The van der Waals surface area contributed by atoms with E-state index in [0.29, 0.717) is 36.0 Å². The van der Waals surface area contributed by atoms with Crippen LogP contribution in [0.2, 0.25) is 0 Å². The molecule has 0 atom stereocenters. The Morgan fingerprint density at radius 3 is 2.70 bits per heavy atom. The fourth-order valence-electron chi connectivity index (χ4n) is 2.67. The first-order valence-corrected chi connectivity index (χ1v) is 8.72. The zero-order valence-corrected chi connectivity index (χ0v) is 16.0. The maximum absolute atomic E-state index is 13.0. The second-order valence-electron chi connectivity index (χ2n) is 7.22. The number of fused-ring (bicyclic) bond motifs is 1. The fraction of sp³-hybridized carbons (Fsp3) is 0.368. The van der Waals surface area contributed by atoms with Crippen LogP contribution in [0.4, 0.5) is 17.5 Å². The highest BCUT2D eigenvalue weighted by molar-refractivity contribution is 5.93. The first-order chi connectivity index (χ1) is 12.9. The average molecular weight is 368 g/mol. The molecule has 2 N–H and O–H groups in total. The Morgan fingerprint density at radius 2 is 2.04 bits per heavy atom. The van der Waals surface area contributed by atoms with Crippen molar-refractivity contribution in [3.05, 3.63) is 47.3 Å². The van der Waals surface area contributed by atoms with Crippen LogP contribution in [0.15, 0.2) is 41.7 Å². The number of pyridine rings is 2. The minimum absolute atomic E-state index is 0.102. The van der Waals surface area contributed by atoms with Crippen LogP contribution in [-0.2, 0) is 11.3 Å². The third-order valence-corrected chi connectivity index (χ3v) is 3.81. The molecule has 3 heterocycles. The van der Waals surface area contributed by atoms with Crippen molar-refractivity contribution < 1.29 is 4.74 Å². The van der Waals surface area contributed by atoms with Gasteiger partial charge in [0.2, 0.25) is 0 Å². The summed E-state index contributed by atoms with van der Waals surface area (Å²) in [5.41, 5.74) is -0.361. The lowest BCUT2D eigenvalue weighted by Gasteiger charge is -2.23. The summed E-state index contributed by atoms with van der Waals surface area (Å²) >= 11 is 0. The zero-order valence-electron chi connectivity index (χ0n) is 16.0. The van der Waals surface area contributed by atoms with Crippen LogP contribution in [0.5, 0.6) is 0 Å². The molecule has 0 fully saturated rings. The molecule has 0 aromatic carbocycles. The lowest BCUT2D eigenvalue weighted by atomic mass is 10.1. The summed E-state index contributed by atoms with van der Waals surface area (Å²) in [6.07, 6.45) is 6.60. The number of rotatable bonds is 6. The molecule has 3 aromatic heterocycles. The lowest BCUT2D eigenvalue weighted by molar-refractivity contribution is 0.186. The van der Waals surface area contributed by atoms with Crippen LogP contribution in [0.25, 0.3) is 10.8 Å². The molecular formula is C19H24N6O2. The number of hydrogen-bond donors (Lipinski definition) is 2. The highest BCUT2D eigenvalue weighted by Crippen LogP contribution is 2.25. The molecule has 0 saturated heterocycles. The van der Waals surface area contributed by atoms with Gasteiger partial charge in [0.15, 0.2) is 0 Å². The van der Waals surface area contributed by atoms with E-state index < -0.39 is 0 Å². The van der Waals surface area contributed by atoms with Crippen LogP contribution < -0.4 is 16.2 Å². The van der Waals surface area contributed by atoms with Gasteiger partial charge in [0.05, 0.1) is 18.2 Å². The third-order valence-electron chi connectivity index (χ3n) is 3.81. The quantitative estimate of drug-likeness (QED) is 0.691. The van der Waals surface area contributed by atoms with Crippen molar-refractivity contribution in [1.29, 1.82) is 0 Å². The van der Waals surface area contributed by atoms with E-state index >= 15 is 0 Å². The van der Waals surface area contributed by atoms with E-state index in [-0.39, 0.29) is 11.1 Å². The van der Waals surface area contributed by atoms with Gasteiger partial charge in [-0.15, -0.1) is 0 Å². The summed E-state index contributed by atoms with van der Waals surface area (Å²) in [6.45, 7) is 7.02. The van der Waals surface area contributed by atoms with E-state index in [1.807, 2.05) is 32.9 Å². The van der Waals surface area contributed by atoms with Crippen molar-refractivity contribution in [2.75, 3.05) is 24.4 Å². The molecule has 0 aliphatic carbocycles. The van der Waals surface area contributed by atoms with Gasteiger partial charge in [0.25, 0.3) is 5.56 Å². The van der Waals surface area contributed by atoms with Gasteiger partial charge >= 0.3 is 0 Å². The topological polar surface area (TPSA) is 94.0 Å². The van der Waals surface area contributed by atoms with Crippen molar-refractivity contribution in [3.8, 4) is 0 Å². The van der Waals surface area contributed by atoms with Crippen molar-refractivity contribution in [2.45, 2.75) is 32.9 Å². The molecule has 0 saturated carbocycles. The Balaban J connectivity index is 2.11. The number of nitrogens with zero attached hydrogens (tertiary/aromatic N) is 4. The van der Waals surface area contributed by atoms with E-state index in [9.17, 15) is 4.79 Å².